The number of hydrogen-bond donors (Lipinski definition) is 2. The summed E-state index contributed by atoms with van der Waals surface area (Å²) in [6, 6.07) is 7.40. The van der Waals surface area contributed by atoms with E-state index in [0.29, 0.717) is 5.02 Å². The summed E-state index contributed by atoms with van der Waals surface area (Å²) in [7, 11) is 0. The second kappa shape index (κ2) is 5.61. The minimum Gasteiger partial charge on any atom is -0.371 e. The molecule has 4 heteroatoms. The maximum atomic E-state index is 11.8. The van der Waals surface area contributed by atoms with Gasteiger partial charge in [0.1, 0.15) is 5.54 Å². The topological polar surface area (TPSA) is 55.1 Å². The van der Waals surface area contributed by atoms with Crippen LogP contribution in [-0.4, -0.2) is 11.4 Å². The maximum absolute atomic E-state index is 11.8. The molecule has 0 spiro atoms. The first-order chi connectivity index (χ1) is 8.62. The van der Waals surface area contributed by atoms with Crippen LogP contribution >= 0.6 is 11.6 Å². The van der Waals surface area contributed by atoms with Crippen molar-refractivity contribution in [3.63, 3.8) is 0 Å². The standard InChI is InChI=1S/C14H19ClN2O/c15-11-5-7-12(8-6-11)17-14(13(16)18)9-3-1-2-4-10-14/h5-8,17H,1-4,9-10H2,(H2,16,18). The lowest BCUT2D eigenvalue weighted by Crippen LogP contribution is -2.50. The number of nitrogens with one attached hydrogen (secondary N) is 1. The number of rotatable bonds is 3. The van der Waals surface area contributed by atoms with E-state index in [4.69, 9.17) is 17.3 Å². The van der Waals surface area contributed by atoms with Crippen molar-refractivity contribution in [1.82, 2.24) is 0 Å². The molecule has 1 fully saturated rings. The molecule has 1 aromatic rings. The highest BCUT2D eigenvalue weighted by molar-refractivity contribution is 6.30. The molecule has 0 aliphatic heterocycles. The highest BCUT2D eigenvalue weighted by atomic mass is 35.5. The van der Waals surface area contributed by atoms with E-state index in [0.717, 1.165) is 31.4 Å². The van der Waals surface area contributed by atoms with Crippen LogP contribution in [0.5, 0.6) is 0 Å². The van der Waals surface area contributed by atoms with Gasteiger partial charge < -0.3 is 11.1 Å². The van der Waals surface area contributed by atoms with Gasteiger partial charge in [0.05, 0.1) is 0 Å². The molecule has 0 atom stereocenters. The zero-order valence-corrected chi connectivity index (χ0v) is 11.2. The number of nitrogens with two attached hydrogens (primary N) is 1. The van der Waals surface area contributed by atoms with Gasteiger partial charge in [-0.15, -0.1) is 0 Å². The van der Waals surface area contributed by atoms with Crippen LogP contribution in [0, 0.1) is 0 Å². The van der Waals surface area contributed by atoms with E-state index in [9.17, 15) is 4.79 Å². The lowest BCUT2D eigenvalue weighted by Gasteiger charge is -2.31. The average molecular weight is 267 g/mol. The monoisotopic (exact) mass is 266 g/mol. The predicted octanol–water partition coefficient (Wildman–Crippen LogP) is 3.33. The molecule has 1 aliphatic rings. The molecule has 2 rings (SSSR count). The Balaban J connectivity index is 2.19. The van der Waals surface area contributed by atoms with E-state index >= 15 is 0 Å². The molecule has 18 heavy (non-hydrogen) atoms. The molecular weight excluding hydrogens is 248 g/mol. The van der Waals surface area contributed by atoms with Crippen molar-refractivity contribution in [1.29, 1.82) is 0 Å². The second-order valence-electron chi connectivity index (χ2n) is 4.99. The van der Waals surface area contributed by atoms with Crippen LogP contribution in [0.3, 0.4) is 0 Å². The Morgan fingerprint density at radius 3 is 2.17 bits per heavy atom. The second-order valence-corrected chi connectivity index (χ2v) is 5.43. The number of hydrogen-bond acceptors (Lipinski definition) is 2. The zero-order valence-electron chi connectivity index (χ0n) is 10.4. The van der Waals surface area contributed by atoms with Gasteiger partial charge in [0.15, 0.2) is 0 Å². The molecule has 0 aromatic heterocycles. The van der Waals surface area contributed by atoms with Gasteiger partial charge in [-0.3, -0.25) is 4.79 Å². The van der Waals surface area contributed by atoms with Gasteiger partial charge in [0.2, 0.25) is 5.91 Å². The summed E-state index contributed by atoms with van der Waals surface area (Å²) in [5.41, 5.74) is 5.93. The van der Waals surface area contributed by atoms with Crippen molar-refractivity contribution in [2.24, 2.45) is 5.73 Å². The molecular formula is C14H19ClN2O. The molecule has 98 valence electrons. The fourth-order valence-corrected chi connectivity index (χ4v) is 2.70. The van der Waals surface area contributed by atoms with Crippen molar-refractivity contribution in [2.75, 3.05) is 5.32 Å². The van der Waals surface area contributed by atoms with Crippen molar-refractivity contribution < 1.29 is 4.79 Å². The SMILES string of the molecule is NC(=O)C1(Nc2ccc(Cl)cc2)CCCCCC1. The largest absolute Gasteiger partial charge is 0.371 e. The van der Waals surface area contributed by atoms with Crippen LogP contribution in [0.15, 0.2) is 24.3 Å². The molecule has 3 N–H and O–H groups in total. The lowest BCUT2D eigenvalue weighted by atomic mass is 9.89. The molecule has 3 nitrogen and oxygen atoms in total. The molecule has 1 amide bonds. The molecule has 1 saturated carbocycles. The fourth-order valence-electron chi connectivity index (χ4n) is 2.57. The number of primary amides is 1. The smallest absolute Gasteiger partial charge is 0.243 e. The van der Waals surface area contributed by atoms with E-state index in [2.05, 4.69) is 5.32 Å². The van der Waals surface area contributed by atoms with Gasteiger partial charge in [-0.25, -0.2) is 0 Å². The summed E-state index contributed by atoms with van der Waals surface area (Å²) in [6.45, 7) is 0. The fraction of sp³-hybridized carbons (Fsp3) is 0.500. The molecule has 0 heterocycles. The van der Waals surface area contributed by atoms with Gasteiger partial charge in [-0.05, 0) is 37.1 Å². The number of anilines is 1. The van der Waals surface area contributed by atoms with E-state index in [-0.39, 0.29) is 5.91 Å². The van der Waals surface area contributed by atoms with Crippen LogP contribution in [0.4, 0.5) is 5.69 Å². The van der Waals surface area contributed by atoms with Gasteiger partial charge in [-0.2, -0.15) is 0 Å². The van der Waals surface area contributed by atoms with Gasteiger partial charge in [0, 0.05) is 10.7 Å². The highest BCUT2D eigenvalue weighted by Crippen LogP contribution is 2.30. The third kappa shape index (κ3) is 2.96. The van der Waals surface area contributed by atoms with Crippen LogP contribution in [0.2, 0.25) is 5.02 Å². The number of amides is 1. The van der Waals surface area contributed by atoms with Crippen molar-refractivity contribution in [3.8, 4) is 0 Å². The molecule has 0 saturated heterocycles. The Kier molecular flexibility index (Phi) is 4.12. The zero-order chi connectivity index (χ0) is 13.0. The van der Waals surface area contributed by atoms with Gasteiger partial charge in [-0.1, -0.05) is 37.3 Å². The van der Waals surface area contributed by atoms with Crippen molar-refractivity contribution >= 4 is 23.2 Å². The molecule has 0 bridgehead atoms. The first-order valence-electron chi connectivity index (χ1n) is 6.46. The van der Waals surface area contributed by atoms with Gasteiger partial charge in [0.25, 0.3) is 0 Å². The molecule has 1 aromatic carbocycles. The third-order valence-corrected chi connectivity index (χ3v) is 3.91. The summed E-state index contributed by atoms with van der Waals surface area (Å²) in [5.74, 6) is -0.251. The average Bonchev–Trinajstić information content (AvgIpc) is 2.59. The summed E-state index contributed by atoms with van der Waals surface area (Å²) in [4.78, 5) is 11.8. The normalized spacial score (nSPS) is 18.9. The lowest BCUT2D eigenvalue weighted by molar-refractivity contribution is -0.122. The van der Waals surface area contributed by atoms with E-state index in [1.807, 2.05) is 24.3 Å². The summed E-state index contributed by atoms with van der Waals surface area (Å²) < 4.78 is 0. The summed E-state index contributed by atoms with van der Waals surface area (Å²) in [6.07, 6.45) is 6.07. The number of halogens is 1. The highest BCUT2D eigenvalue weighted by Gasteiger charge is 2.36. The summed E-state index contributed by atoms with van der Waals surface area (Å²) in [5, 5.41) is 4.02. The number of carbonyl (C=O) groups excluding carboxylic acids is 1. The van der Waals surface area contributed by atoms with Crippen LogP contribution in [0.1, 0.15) is 38.5 Å². The molecule has 0 unspecified atom stereocenters. The number of carbonyl (C=O) groups is 1. The first-order valence-corrected chi connectivity index (χ1v) is 6.84. The predicted molar refractivity (Wildman–Crippen MR) is 74.7 cm³/mol. The van der Waals surface area contributed by atoms with Crippen molar-refractivity contribution in [3.05, 3.63) is 29.3 Å². The van der Waals surface area contributed by atoms with E-state index < -0.39 is 5.54 Å². The van der Waals surface area contributed by atoms with Crippen LogP contribution in [-0.2, 0) is 4.79 Å². The minimum absolute atomic E-state index is 0.251. The van der Waals surface area contributed by atoms with Gasteiger partial charge >= 0.3 is 0 Å². The van der Waals surface area contributed by atoms with Crippen LogP contribution < -0.4 is 11.1 Å². The Labute approximate surface area is 113 Å². The molecule has 0 radical (unpaired) electrons. The quantitative estimate of drug-likeness (QED) is 0.825. The Bertz CT molecular complexity index is 408. The van der Waals surface area contributed by atoms with Crippen molar-refractivity contribution in [2.45, 2.75) is 44.1 Å². The maximum Gasteiger partial charge on any atom is 0.243 e. The minimum atomic E-state index is -0.593. The summed E-state index contributed by atoms with van der Waals surface area (Å²) >= 11 is 5.86. The first kappa shape index (κ1) is 13.2. The third-order valence-electron chi connectivity index (χ3n) is 3.66. The Morgan fingerprint density at radius 2 is 1.67 bits per heavy atom. The molecule has 1 aliphatic carbocycles. The van der Waals surface area contributed by atoms with E-state index in [1.165, 1.54) is 12.8 Å². The number of benzene rings is 1. The van der Waals surface area contributed by atoms with E-state index in [1.54, 1.807) is 0 Å². The van der Waals surface area contributed by atoms with Crippen LogP contribution in [0.25, 0.3) is 0 Å². The Morgan fingerprint density at radius 1 is 1.11 bits per heavy atom. The Hall–Kier alpha value is -1.22.